The second-order valence-corrected chi connectivity index (χ2v) is 5.93. The number of benzene rings is 1. The van der Waals surface area contributed by atoms with Crippen LogP contribution in [0.1, 0.15) is 52.8 Å². The van der Waals surface area contributed by atoms with E-state index in [4.69, 9.17) is 11.6 Å². The van der Waals surface area contributed by atoms with Crippen LogP contribution in [0.4, 0.5) is 0 Å². The van der Waals surface area contributed by atoms with E-state index in [2.05, 4.69) is 5.10 Å². The normalized spacial score (nSPS) is 23.1. The van der Waals surface area contributed by atoms with Gasteiger partial charge in [-0.05, 0) is 37.3 Å². The molecular formula is C15H13ClN2O2. The molecule has 20 heavy (non-hydrogen) atoms. The van der Waals surface area contributed by atoms with Crippen LogP contribution >= 0.6 is 11.6 Å². The van der Waals surface area contributed by atoms with Gasteiger partial charge in [0.25, 0.3) is 0 Å². The summed E-state index contributed by atoms with van der Waals surface area (Å²) in [4.78, 5) is 11.5. The van der Waals surface area contributed by atoms with E-state index in [1.807, 2.05) is 18.2 Å². The van der Waals surface area contributed by atoms with Gasteiger partial charge in [0.1, 0.15) is 0 Å². The maximum atomic E-state index is 11.5. The van der Waals surface area contributed by atoms with E-state index in [9.17, 15) is 9.90 Å². The highest BCUT2D eigenvalue weighted by Gasteiger charge is 2.44. The topological polar surface area (TPSA) is 55.1 Å². The fourth-order valence-electron chi connectivity index (χ4n) is 3.70. The third-order valence-electron chi connectivity index (χ3n) is 4.47. The lowest BCUT2D eigenvalue weighted by Gasteiger charge is -2.14. The van der Waals surface area contributed by atoms with Gasteiger partial charge in [0.2, 0.25) is 0 Å². The van der Waals surface area contributed by atoms with Crippen molar-refractivity contribution in [3.8, 4) is 5.69 Å². The molecule has 1 aromatic carbocycles. The lowest BCUT2D eigenvalue weighted by molar-refractivity contribution is 0.0688. The predicted molar refractivity (Wildman–Crippen MR) is 74.9 cm³/mol. The number of halogens is 1. The maximum absolute atomic E-state index is 11.5. The predicted octanol–water partition coefficient (Wildman–Crippen LogP) is 3.59. The summed E-state index contributed by atoms with van der Waals surface area (Å²) in [5.74, 6) is -0.163. The van der Waals surface area contributed by atoms with E-state index >= 15 is 0 Å². The number of carboxylic acid groups (broad SMARTS) is 1. The van der Waals surface area contributed by atoms with Gasteiger partial charge in [-0.15, -0.1) is 0 Å². The highest BCUT2D eigenvalue weighted by molar-refractivity contribution is 6.32. The van der Waals surface area contributed by atoms with Gasteiger partial charge >= 0.3 is 5.97 Å². The Hall–Kier alpha value is -1.81. The summed E-state index contributed by atoms with van der Waals surface area (Å²) < 4.78 is 1.75. The Morgan fingerprint density at radius 3 is 2.80 bits per heavy atom. The first-order valence-corrected chi connectivity index (χ1v) is 7.15. The molecule has 0 aliphatic heterocycles. The Morgan fingerprint density at radius 2 is 2.05 bits per heavy atom. The third kappa shape index (κ3) is 1.48. The molecule has 0 saturated heterocycles. The molecule has 0 radical (unpaired) electrons. The number of nitrogens with zero attached hydrogens (tertiary/aromatic N) is 2. The molecule has 1 aromatic heterocycles. The van der Waals surface area contributed by atoms with Gasteiger partial charge in [-0.2, -0.15) is 5.10 Å². The number of carboxylic acids is 1. The molecule has 2 bridgehead atoms. The largest absolute Gasteiger partial charge is 0.476 e. The number of hydrogen-bond donors (Lipinski definition) is 1. The van der Waals surface area contributed by atoms with Crippen molar-refractivity contribution >= 4 is 17.6 Å². The van der Waals surface area contributed by atoms with Crippen LogP contribution in [0.25, 0.3) is 5.69 Å². The molecular weight excluding hydrogens is 276 g/mol. The quantitative estimate of drug-likeness (QED) is 0.919. The lowest BCUT2D eigenvalue weighted by Crippen LogP contribution is -2.06. The fraction of sp³-hybridized carbons (Fsp3) is 0.333. The molecule has 102 valence electrons. The average Bonchev–Trinajstić information content (AvgIpc) is 3.10. The van der Waals surface area contributed by atoms with Gasteiger partial charge in [0.15, 0.2) is 5.69 Å². The lowest BCUT2D eigenvalue weighted by atomic mass is 9.95. The van der Waals surface area contributed by atoms with Gasteiger partial charge < -0.3 is 5.11 Å². The second-order valence-electron chi connectivity index (χ2n) is 5.52. The van der Waals surface area contributed by atoms with E-state index in [1.165, 1.54) is 0 Å². The summed E-state index contributed by atoms with van der Waals surface area (Å²) in [6.45, 7) is 0. The molecule has 1 fully saturated rings. The number of hydrogen-bond acceptors (Lipinski definition) is 2. The van der Waals surface area contributed by atoms with E-state index in [1.54, 1.807) is 10.7 Å². The minimum atomic E-state index is -0.945. The molecule has 4 rings (SSSR count). The summed E-state index contributed by atoms with van der Waals surface area (Å²) in [6.07, 6.45) is 3.25. The van der Waals surface area contributed by atoms with Crippen LogP contribution in [-0.4, -0.2) is 20.9 Å². The van der Waals surface area contributed by atoms with Crippen molar-refractivity contribution in [3.63, 3.8) is 0 Å². The Bertz CT molecular complexity index is 723. The first-order valence-electron chi connectivity index (χ1n) is 6.78. The summed E-state index contributed by atoms with van der Waals surface area (Å²) in [7, 11) is 0. The van der Waals surface area contributed by atoms with Gasteiger partial charge in [0, 0.05) is 11.5 Å². The van der Waals surface area contributed by atoms with Crippen LogP contribution in [0.2, 0.25) is 5.02 Å². The smallest absolute Gasteiger partial charge is 0.356 e. The zero-order valence-electron chi connectivity index (χ0n) is 10.7. The van der Waals surface area contributed by atoms with Crippen LogP contribution < -0.4 is 0 Å². The summed E-state index contributed by atoms with van der Waals surface area (Å²) in [5, 5.41) is 14.3. The van der Waals surface area contributed by atoms with Crippen LogP contribution in [0.3, 0.4) is 0 Å². The molecule has 4 nitrogen and oxygen atoms in total. The second kappa shape index (κ2) is 4.09. The standard InChI is InChI=1S/C15H13ClN2O2/c16-10-3-1-2-4-11(10)18-14-9-6-5-8(7-9)12(14)13(17-18)15(19)20/h1-4,8-9H,5-7H2,(H,19,20). The number of rotatable bonds is 2. The number of aromatic nitrogens is 2. The maximum Gasteiger partial charge on any atom is 0.356 e. The summed E-state index contributed by atoms with van der Waals surface area (Å²) in [5.41, 5.74) is 2.97. The molecule has 0 spiro atoms. The van der Waals surface area contributed by atoms with Crippen LogP contribution in [0.5, 0.6) is 0 Å². The van der Waals surface area contributed by atoms with Crippen molar-refractivity contribution < 1.29 is 9.90 Å². The Kier molecular flexibility index (Phi) is 2.45. The fourth-order valence-corrected chi connectivity index (χ4v) is 3.91. The molecule has 2 atom stereocenters. The first kappa shape index (κ1) is 12.0. The highest BCUT2D eigenvalue weighted by Crippen LogP contribution is 2.54. The summed E-state index contributed by atoms with van der Waals surface area (Å²) >= 11 is 6.24. The number of fused-ring (bicyclic) bond motifs is 5. The molecule has 1 N–H and O–H groups in total. The highest BCUT2D eigenvalue weighted by atomic mass is 35.5. The molecule has 2 aromatic rings. The average molecular weight is 289 g/mol. The zero-order valence-corrected chi connectivity index (χ0v) is 11.5. The third-order valence-corrected chi connectivity index (χ3v) is 4.79. The molecule has 5 heteroatoms. The minimum absolute atomic E-state index is 0.201. The van der Waals surface area contributed by atoms with Gasteiger partial charge in [-0.25, -0.2) is 9.48 Å². The Morgan fingerprint density at radius 1 is 1.30 bits per heavy atom. The minimum Gasteiger partial charge on any atom is -0.476 e. The molecule has 1 heterocycles. The monoisotopic (exact) mass is 288 g/mol. The first-order chi connectivity index (χ1) is 9.66. The van der Waals surface area contributed by atoms with Crippen LogP contribution in [0, 0.1) is 0 Å². The van der Waals surface area contributed by atoms with Crippen molar-refractivity contribution in [1.82, 2.24) is 9.78 Å². The molecule has 2 unspecified atom stereocenters. The van der Waals surface area contributed by atoms with Crippen molar-refractivity contribution in [2.45, 2.75) is 31.1 Å². The Balaban J connectivity index is 1.99. The van der Waals surface area contributed by atoms with Crippen LogP contribution in [0.15, 0.2) is 24.3 Å². The molecule has 1 saturated carbocycles. The van der Waals surface area contributed by atoms with E-state index in [-0.39, 0.29) is 5.69 Å². The van der Waals surface area contributed by atoms with Gasteiger partial charge in [-0.3, -0.25) is 0 Å². The van der Waals surface area contributed by atoms with Crippen molar-refractivity contribution in [3.05, 3.63) is 46.2 Å². The Labute approximate surface area is 121 Å². The van der Waals surface area contributed by atoms with Crippen LogP contribution in [-0.2, 0) is 0 Å². The SMILES string of the molecule is O=C(O)c1nn(-c2ccccc2Cl)c2c1C1CCC2C1. The van der Waals surface area contributed by atoms with Crippen molar-refractivity contribution in [1.29, 1.82) is 0 Å². The van der Waals surface area contributed by atoms with E-state index in [0.717, 1.165) is 36.2 Å². The molecule has 2 aliphatic rings. The molecule has 0 amide bonds. The van der Waals surface area contributed by atoms with Crippen molar-refractivity contribution in [2.75, 3.05) is 0 Å². The van der Waals surface area contributed by atoms with Crippen molar-refractivity contribution in [2.24, 2.45) is 0 Å². The number of para-hydroxylation sites is 1. The van der Waals surface area contributed by atoms with E-state index < -0.39 is 5.97 Å². The number of carbonyl (C=O) groups is 1. The number of aromatic carboxylic acids is 1. The summed E-state index contributed by atoms with van der Waals surface area (Å²) in [6, 6.07) is 7.44. The van der Waals surface area contributed by atoms with Gasteiger partial charge in [-0.1, -0.05) is 23.7 Å². The van der Waals surface area contributed by atoms with E-state index in [0.29, 0.717) is 16.9 Å². The molecule has 2 aliphatic carbocycles. The zero-order chi connectivity index (χ0) is 13.9. The van der Waals surface area contributed by atoms with Gasteiger partial charge in [0.05, 0.1) is 16.4 Å².